The number of halogens is 2. The SMILES string of the molecule is COc1cc2ncnc(Nc3ccc(F)c(Cl)c3)c2cc1C#CC(C)(C)N1CCN(C)CC1. The van der Waals surface area contributed by atoms with Gasteiger partial charge in [0, 0.05) is 43.3 Å². The standard InChI is InChI=1S/C25H27ClFN5O/c1-25(2,32-11-9-31(3)10-12-32)8-7-17-13-19-22(15-23(17)33-4)28-16-29-24(19)30-18-5-6-21(27)20(26)14-18/h5-6,13-16H,9-12H2,1-4H3,(H,28,29,30). The van der Waals surface area contributed by atoms with E-state index in [1.54, 1.807) is 13.2 Å². The Kier molecular flexibility index (Phi) is 6.71. The van der Waals surface area contributed by atoms with E-state index in [9.17, 15) is 4.39 Å². The Morgan fingerprint density at radius 3 is 2.58 bits per heavy atom. The van der Waals surface area contributed by atoms with E-state index in [0.717, 1.165) is 37.1 Å². The molecule has 0 atom stereocenters. The van der Waals surface area contributed by atoms with Gasteiger partial charge in [0.15, 0.2) is 0 Å². The minimum atomic E-state index is -0.472. The fraction of sp³-hybridized carbons (Fsp3) is 0.360. The fourth-order valence-corrected chi connectivity index (χ4v) is 4.01. The molecule has 4 rings (SSSR count). The second-order valence-corrected chi connectivity index (χ2v) is 9.05. The number of piperazine rings is 1. The maximum absolute atomic E-state index is 13.5. The fourth-order valence-electron chi connectivity index (χ4n) is 3.83. The average Bonchev–Trinajstić information content (AvgIpc) is 2.80. The van der Waals surface area contributed by atoms with Crippen LogP contribution in [0.15, 0.2) is 36.7 Å². The maximum atomic E-state index is 13.5. The van der Waals surface area contributed by atoms with Crippen molar-refractivity contribution in [3.63, 3.8) is 0 Å². The van der Waals surface area contributed by atoms with Crippen LogP contribution in [-0.4, -0.2) is 65.6 Å². The molecule has 172 valence electrons. The number of aromatic nitrogens is 2. The minimum Gasteiger partial charge on any atom is -0.495 e. The zero-order valence-electron chi connectivity index (χ0n) is 19.2. The van der Waals surface area contributed by atoms with Crippen molar-refractivity contribution in [2.75, 3.05) is 45.7 Å². The Hall–Kier alpha value is -2.92. The Morgan fingerprint density at radius 2 is 1.88 bits per heavy atom. The first kappa shape index (κ1) is 23.2. The molecule has 0 aliphatic carbocycles. The highest BCUT2D eigenvalue weighted by Crippen LogP contribution is 2.30. The summed E-state index contributed by atoms with van der Waals surface area (Å²) in [7, 11) is 3.77. The van der Waals surface area contributed by atoms with Crippen LogP contribution in [0.3, 0.4) is 0 Å². The number of methoxy groups -OCH3 is 1. The molecule has 0 saturated carbocycles. The van der Waals surface area contributed by atoms with E-state index in [1.165, 1.54) is 18.5 Å². The molecular weight excluding hydrogens is 441 g/mol. The number of anilines is 2. The van der Waals surface area contributed by atoms with Crippen LogP contribution in [0.25, 0.3) is 10.9 Å². The number of rotatable bonds is 4. The van der Waals surface area contributed by atoms with Crippen molar-refractivity contribution >= 4 is 34.0 Å². The maximum Gasteiger partial charge on any atom is 0.141 e. The lowest BCUT2D eigenvalue weighted by molar-refractivity contribution is 0.0946. The van der Waals surface area contributed by atoms with Gasteiger partial charge in [-0.05, 0) is 45.2 Å². The van der Waals surface area contributed by atoms with Gasteiger partial charge in [-0.2, -0.15) is 0 Å². The lowest BCUT2D eigenvalue weighted by Crippen LogP contribution is -2.53. The highest BCUT2D eigenvalue weighted by Gasteiger charge is 2.27. The van der Waals surface area contributed by atoms with Gasteiger partial charge in [-0.3, -0.25) is 4.90 Å². The molecule has 1 aromatic heterocycles. The van der Waals surface area contributed by atoms with Crippen molar-refractivity contribution in [3.8, 4) is 17.6 Å². The van der Waals surface area contributed by atoms with Crippen LogP contribution in [0.2, 0.25) is 5.02 Å². The smallest absolute Gasteiger partial charge is 0.141 e. The monoisotopic (exact) mass is 467 g/mol. The lowest BCUT2D eigenvalue weighted by atomic mass is 10.0. The molecule has 0 spiro atoms. The van der Waals surface area contributed by atoms with E-state index in [1.807, 2.05) is 12.1 Å². The summed E-state index contributed by atoms with van der Waals surface area (Å²) in [5.41, 5.74) is 1.81. The Labute approximate surface area is 198 Å². The molecule has 0 radical (unpaired) electrons. The third-order valence-corrected chi connectivity index (χ3v) is 6.23. The highest BCUT2D eigenvalue weighted by molar-refractivity contribution is 6.31. The molecule has 1 aliphatic rings. The van der Waals surface area contributed by atoms with Gasteiger partial charge in [0.05, 0.1) is 28.8 Å². The largest absolute Gasteiger partial charge is 0.495 e. The van der Waals surface area contributed by atoms with Crippen LogP contribution < -0.4 is 10.1 Å². The number of ether oxygens (including phenoxy) is 1. The van der Waals surface area contributed by atoms with Gasteiger partial charge in [-0.15, -0.1) is 0 Å². The van der Waals surface area contributed by atoms with Gasteiger partial charge >= 0.3 is 0 Å². The molecule has 0 amide bonds. The summed E-state index contributed by atoms with van der Waals surface area (Å²) in [5, 5.41) is 4.02. The molecule has 33 heavy (non-hydrogen) atoms. The van der Waals surface area contributed by atoms with Crippen LogP contribution in [-0.2, 0) is 0 Å². The minimum absolute atomic E-state index is 0.0396. The molecule has 1 saturated heterocycles. The summed E-state index contributed by atoms with van der Waals surface area (Å²) in [6.45, 7) is 8.32. The number of likely N-dealkylation sites (N-methyl/N-ethyl adjacent to an activating group) is 1. The second kappa shape index (κ2) is 9.52. The number of hydrogen-bond acceptors (Lipinski definition) is 6. The Balaban J connectivity index is 1.69. The van der Waals surface area contributed by atoms with E-state index in [2.05, 4.69) is 57.8 Å². The van der Waals surface area contributed by atoms with E-state index in [0.29, 0.717) is 22.8 Å². The van der Waals surface area contributed by atoms with E-state index >= 15 is 0 Å². The molecule has 1 aliphatic heterocycles. The highest BCUT2D eigenvalue weighted by atomic mass is 35.5. The predicted octanol–water partition coefficient (Wildman–Crippen LogP) is 4.55. The zero-order chi connectivity index (χ0) is 23.6. The first-order valence-corrected chi connectivity index (χ1v) is 11.2. The third-order valence-electron chi connectivity index (χ3n) is 5.94. The van der Waals surface area contributed by atoms with Crippen LogP contribution in [0.5, 0.6) is 5.75 Å². The molecule has 6 nitrogen and oxygen atoms in total. The van der Waals surface area contributed by atoms with Crippen LogP contribution in [0, 0.1) is 17.7 Å². The van der Waals surface area contributed by atoms with Gasteiger partial charge in [0.1, 0.15) is 23.7 Å². The van der Waals surface area contributed by atoms with Gasteiger partial charge < -0.3 is 15.0 Å². The molecular formula is C25H27ClFN5O. The molecule has 2 heterocycles. The second-order valence-electron chi connectivity index (χ2n) is 8.65. The van der Waals surface area contributed by atoms with E-state index in [4.69, 9.17) is 16.3 Å². The number of fused-ring (bicyclic) bond motifs is 1. The summed E-state index contributed by atoms with van der Waals surface area (Å²) in [4.78, 5) is 13.5. The summed E-state index contributed by atoms with van der Waals surface area (Å²) in [6, 6.07) is 8.22. The van der Waals surface area contributed by atoms with Gasteiger partial charge in [0.2, 0.25) is 0 Å². The molecule has 1 fully saturated rings. The van der Waals surface area contributed by atoms with Gasteiger partial charge in [-0.25, -0.2) is 14.4 Å². The van der Waals surface area contributed by atoms with Gasteiger partial charge in [0.25, 0.3) is 0 Å². The molecule has 3 aromatic rings. The lowest BCUT2D eigenvalue weighted by Gasteiger charge is -2.40. The van der Waals surface area contributed by atoms with E-state index < -0.39 is 5.82 Å². The first-order chi connectivity index (χ1) is 15.8. The van der Waals surface area contributed by atoms with Gasteiger partial charge in [-0.1, -0.05) is 23.4 Å². The van der Waals surface area contributed by atoms with Crippen molar-refractivity contribution in [2.24, 2.45) is 0 Å². The number of nitrogens with zero attached hydrogens (tertiary/aromatic N) is 4. The summed E-state index contributed by atoms with van der Waals surface area (Å²) in [5.74, 6) is 7.52. The molecule has 0 unspecified atom stereocenters. The summed E-state index contributed by atoms with van der Waals surface area (Å²) < 4.78 is 19.1. The number of nitrogens with one attached hydrogen (secondary N) is 1. The summed E-state index contributed by atoms with van der Waals surface area (Å²) in [6.07, 6.45) is 1.47. The van der Waals surface area contributed by atoms with E-state index in [-0.39, 0.29) is 10.6 Å². The predicted molar refractivity (Wildman–Crippen MR) is 131 cm³/mol. The van der Waals surface area contributed by atoms with Crippen molar-refractivity contribution < 1.29 is 9.13 Å². The van der Waals surface area contributed by atoms with Crippen LogP contribution in [0.1, 0.15) is 19.4 Å². The van der Waals surface area contributed by atoms with Crippen molar-refractivity contribution in [2.45, 2.75) is 19.4 Å². The zero-order valence-corrected chi connectivity index (χ0v) is 20.0. The normalized spacial score (nSPS) is 15.2. The third kappa shape index (κ3) is 5.19. The Morgan fingerprint density at radius 1 is 1.12 bits per heavy atom. The molecule has 8 heteroatoms. The first-order valence-electron chi connectivity index (χ1n) is 10.8. The number of hydrogen-bond donors (Lipinski definition) is 1. The number of benzene rings is 2. The Bertz CT molecular complexity index is 1230. The molecule has 0 bridgehead atoms. The summed E-state index contributed by atoms with van der Waals surface area (Å²) >= 11 is 5.93. The quantitative estimate of drug-likeness (QED) is 0.568. The van der Waals surface area contributed by atoms with Crippen molar-refractivity contribution in [3.05, 3.63) is 53.1 Å². The molecule has 2 aromatic carbocycles. The van der Waals surface area contributed by atoms with Crippen molar-refractivity contribution in [1.29, 1.82) is 0 Å². The topological polar surface area (TPSA) is 53.5 Å². The van der Waals surface area contributed by atoms with Crippen LogP contribution in [0.4, 0.5) is 15.9 Å². The van der Waals surface area contributed by atoms with Crippen molar-refractivity contribution in [1.82, 2.24) is 19.8 Å². The average molecular weight is 468 g/mol. The molecule has 1 N–H and O–H groups in total. The van der Waals surface area contributed by atoms with Crippen LogP contribution >= 0.6 is 11.6 Å².